The molecule has 0 radical (unpaired) electrons. The Morgan fingerprint density at radius 1 is 1.19 bits per heavy atom. The van der Waals surface area contributed by atoms with Crippen LogP contribution in [0.3, 0.4) is 0 Å². The standard InChI is InChI=1S/C21H16ClF3N4O2/c1-12-11-28(14-7-8-15(16(22)9-14)21(23,24)25)20(31)18-17(10-26-29(12)18)27-19(30)13-5-3-2-4-6-13/h2-10,12H,11H2,1H3,(H,27,30)/t12-/m0/s1. The first-order chi connectivity index (χ1) is 14.7. The minimum Gasteiger partial charge on any atom is -0.319 e. The first kappa shape index (κ1) is 20.9. The fourth-order valence-corrected chi connectivity index (χ4v) is 3.74. The van der Waals surface area contributed by atoms with E-state index in [2.05, 4.69) is 10.4 Å². The van der Waals surface area contributed by atoms with Crippen molar-refractivity contribution < 1.29 is 22.8 Å². The molecule has 31 heavy (non-hydrogen) atoms. The van der Waals surface area contributed by atoms with Gasteiger partial charge in [-0.15, -0.1) is 0 Å². The Labute approximate surface area is 180 Å². The molecule has 0 saturated heterocycles. The lowest BCUT2D eigenvalue weighted by Crippen LogP contribution is -2.43. The molecule has 1 aliphatic rings. The van der Waals surface area contributed by atoms with E-state index >= 15 is 0 Å². The van der Waals surface area contributed by atoms with E-state index < -0.39 is 28.6 Å². The van der Waals surface area contributed by atoms with E-state index in [4.69, 9.17) is 11.6 Å². The van der Waals surface area contributed by atoms with Crippen LogP contribution in [0, 0.1) is 0 Å². The smallest absolute Gasteiger partial charge is 0.319 e. The lowest BCUT2D eigenvalue weighted by molar-refractivity contribution is -0.137. The second kappa shape index (κ2) is 7.73. The highest BCUT2D eigenvalue weighted by atomic mass is 35.5. The molecule has 10 heteroatoms. The van der Waals surface area contributed by atoms with Gasteiger partial charge in [0.05, 0.1) is 28.5 Å². The summed E-state index contributed by atoms with van der Waals surface area (Å²) in [4.78, 5) is 27.0. The second-order valence-corrected chi connectivity index (χ2v) is 7.51. The van der Waals surface area contributed by atoms with E-state index in [1.54, 1.807) is 30.3 Å². The van der Waals surface area contributed by atoms with Crippen LogP contribution >= 0.6 is 11.6 Å². The Kier molecular flexibility index (Phi) is 5.22. The third-order valence-electron chi connectivity index (χ3n) is 4.96. The molecule has 6 nitrogen and oxygen atoms in total. The lowest BCUT2D eigenvalue weighted by Gasteiger charge is -2.32. The van der Waals surface area contributed by atoms with Crippen LogP contribution in [-0.2, 0) is 6.18 Å². The number of amides is 2. The predicted octanol–water partition coefficient (Wildman–Crippen LogP) is 5.03. The Hall–Kier alpha value is -3.33. The van der Waals surface area contributed by atoms with Gasteiger partial charge in [-0.25, -0.2) is 0 Å². The van der Waals surface area contributed by atoms with Crippen molar-refractivity contribution in [3.05, 3.63) is 76.6 Å². The number of carbonyl (C=O) groups excluding carboxylic acids is 2. The topological polar surface area (TPSA) is 67.2 Å². The first-order valence-electron chi connectivity index (χ1n) is 9.29. The number of alkyl halides is 3. The van der Waals surface area contributed by atoms with Crippen molar-refractivity contribution in [2.24, 2.45) is 0 Å². The fourth-order valence-electron chi connectivity index (χ4n) is 3.46. The van der Waals surface area contributed by atoms with Crippen LogP contribution in [0.1, 0.15) is 39.4 Å². The minimum atomic E-state index is -4.59. The Bertz CT molecular complexity index is 1160. The Morgan fingerprint density at radius 2 is 1.90 bits per heavy atom. The van der Waals surface area contributed by atoms with Crippen molar-refractivity contribution in [3.8, 4) is 0 Å². The number of carbonyl (C=O) groups is 2. The maximum Gasteiger partial charge on any atom is 0.417 e. The molecule has 1 aromatic heterocycles. The second-order valence-electron chi connectivity index (χ2n) is 7.10. The average molecular weight is 449 g/mol. The van der Waals surface area contributed by atoms with E-state index in [0.29, 0.717) is 5.56 Å². The summed E-state index contributed by atoms with van der Waals surface area (Å²) in [5, 5.41) is 6.39. The van der Waals surface area contributed by atoms with Gasteiger partial charge < -0.3 is 10.2 Å². The molecule has 3 aromatic rings. The van der Waals surface area contributed by atoms with Gasteiger partial charge >= 0.3 is 6.18 Å². The molecule has 0 aliphatic carbocycles. The number of anilines is 2. The Morgan fingerprint density at radius 3 is 2.55 bits per heavy atom. The van der Waals surface area contributed by atoms with Gasteiger partial charge in [-0.2, -0.15) is 18.3 Å². The zero-order chi connectivity index (χ0) is 22.3. The maximum absolute atomic E-state index is 13.2. The van der Waals surface area contributed by atoms with Crippen molar-refractivity contribution in [2.45, 2.75) is 19.1 Å². The lowest BCUT2D eigenvalue weighted by atomic mass is 10.1. The molecule has 0 spiro atoms. The maximum atomic E-state index is 13.2. The molecule has 0 unspecified atom stereocenters. The van der Waals surface area contributed by atoms with E-state index in [9.17, 15) is 22.8 Å². The van der Waals surface area contributed by atoms with E-state index in [1.165, 1.54) is 21.8 Å². The van der Waals surface area contributed by atoms with Crippen molar-refractivity contribution in [3.63, 3.8) is 0 Å². The molecular formula is C21H16ClF3N4O2. The SMILES string of the molecule is C[C@H]1CN(c2ccc(C(F)(F)F)c(Cl)c2)C(=O)c2c(NC(=O)c3ccccc3)cnn21. The highest BCUT2D eigenvalue weighted by Gasteiger charge is 2.36. The fraction of sp³-hybridized carbons (Fsp3) is 0.190. The molecular weight excluding hydrogens is 433 g/mol. The number of nitrogens with one attached hydrogen (secondary N) is 1. The number of hydrogen-bond acceptors (Lipinski definition) is 3. The summed E-state index contributed by atoms with van der Waals surface area (Å²) in [6.07, 6.45) is -3.21. The molecule has 0 bridgehead atoms. The van der Waals surface area contributed by atoms with Crippen molar-refractivity contribution >= 4 is 34.8 Å². The quantitative estimate of drug-likeness (QED) is 0.611. The minimum absolute atomic E-state index is 0.138. The van der Waals surface area contributed by atoms with Gasteiger partial charge in [0.25, 0.3) is 11.8 Å². The monoisotopic (exact) mass is 448 g/mol. The summed E-state index contributed by atoms with van der Waals surface area (Å²) in [5.41, 5.74) is 0.0107. The molecule has 4 rings (SSSR count). The normalized spacial score (nSPS) is 16.2. The van der Waals surface area contributed by atoms with E-state index in [1.807, 2.05) is 6.92 Å². The number of fused-ring (bicyclic) bond motifs is 1. The van der Waals surface area contributed by atoms with Crippen LogP contribution in [0.5, 0.6) is 0 Å². The van der Waals surface area contributed by atoms with Crippen LogP contribution in [0.4, 0.5) is 24.5 Å². The van der Waals surface area contributed by atoms with E-state index in [0.717, 1.165) is 12.1 Å². The van der Waals surface area contributed by atoms with Gasteiger partial charge in [0.2, 0.25) is 0 Å². The summed E-state index contributed by atoms with van der Waals surface area (Å²) < 4.78 is 40.5. The number of hydrogen-bond donors (Lipinski definition) is 1. The van der Waals surface area contributed by atoms with Gasteiger partial charge in [0.1, 0.15) is 0 Å². The van der Waals surface area contributed by atoms with Crippen molar-refractivity contribution in [1.82, 2.24) is 9.78 Å². The molecule has 2 heterocycles. The van der Waals surface area contributed by atoms with Crippen LogP contribution in [0.2, 0.25) is 5.02 Å². The molecule has 2 amide bonds. The van der Waals surface area contributed by atoms with Gasteiger partial charge in [-0.05, 0) is 37.3 Å². The molecule has 1 N–H and O–H groups in total. The number of halogens is 4. The predicted molar refractivity (Wildman–Crippen MR) is 109 cm³/mol. The summed E-state index contributed by atoms with van der Waals surface area (Å²) in [6, 6.07) is 11.3. The van der Waals surface area contributed by atoms with Gasteiger partial charge in [0.15, 0.2) is 5.69 Å². The zero-order valence-electron chi connectivity index (χ0n) is 16.2. The van der Waals surface area contributed by atoms with Crippen molar-refractivity contribution in [1.29, 1.82) is 0 Å². The first-order valence-corrected chi connectivity index (χ1v) is 9.67. The highest BCUT2D eigenvalue weighted by Crippen LogP contribution is 2.38. The zero-order valence-corrected chi connectivity index (χ0v) is 16.9. The van der Waals surface area contributed by atoms with Crippen LogP contribution in [0.25, 0.3) is 0 Å². The van der Waals surface area contributed by atoms with Crippen LogP contribution < -0.4 is 10.2 Å². The third kappa shape index (κ3) is 3.88. The molecule has 1 aliphatic heterocycles. The van der Waals surface area contributed by atoms with Gasteiger partial charge in [-0.1, -0.05) is 29.8 Å². The molecule has 0 fully saturated rings. The van der Waals surface area contributed by atoms with Crippen LogP contribution in [-0.4, -0.2) is 28.1 Å². The molecule has 160 valence electrons. The number of nitrogens with zero attached hydrogens (tertiary/aromatic N) is 3. The summed E-state index contributed by atoms with van der Waals surface area (Å²) in [7, 11) is 0. The number of benzene rings is 2. The van der Waals surface area contributed by atoms with Crippen LogP contribution in [0.15, 0.2) is 54.7 Å². The largest absolute Gasteiger partial charge is 0.417 e. The molecule has 2 aromatic carbocycles. The summed E-state index contributed by atoms with van der Waals surface area (Å²) in [6.45, 7) is 1.99. The summed E-state index contributed by atoms with van der Waals surface area (Å²) in [5.74, 6) is -0.915. The Balaban J connectivity index is 1.66. The van der Waals surface area contributed by atoms with Crippen molar-refractivity contribution in [2.75, 3.05) is 16.8 Å². The number of rotatable bonds is 3. The van der Waals surface area contributed by atoms with Gasteiger partial charge in [0, 0.05) is 17.8 Å². The third-order valence-corrected chi connectivity index (χ3v) is 5.27. The molecule has 0 saturated carbocycles. The highest BCUT2D eigenvalue weighted by molar-refractivity contribution is 6.31. The molecule has 1 atom stereocenters. The van der Waals surface area contributed by atoms with Gasteiger partial charge in [-0.3, -0.25) is 14.3 Å². The average Bonchev–Trinajstić information content (AvgIpc) is 3.15. The number of aromatic nitrogens is 2. The summed E-state index contributed by atoms with van der Waals surface area (Å²) >= 11 is 5.83. The van der Waals surface area contributed by atoms with E-state index in [-0.39, 0.29) is 29.7 Å².